The highest BCUT2D eigenvalue weighted by Gasteiger charge is 2.35. The van der Waals surface area contributed by atoms with Crippen LogP contribution in [0.3, 0.4) is 0 Å². The van der Waals surface area contributed by atoms with Crippen molar-refractivity contribution in [1.29, 1.82) is 0 Å². The molecule has 0 radical (unpaired) electrons. The third kappa shape index (κ3) is 5.47. The van der Waals surface area contributed by atoms with Gasteiger partial charge in [-0.1, -0.05) is 48.5 Å². The summed E-state index contributed by atoms with van der Waals surface area (Å²) < 4.78 is 10.8. The Morgan fingerprint density at radius 2 is 1.77 bits per heavy atom. The van der Waals surface area contributed by atoms with Crippen LogP contribution in [0.5, 0.6) is 0 Å². The van der Waals surface area contributed by atoms with Crippen LogP contribution in [-0.4, -0.2) is 55.0 Å². The number of nitrogens with one attached hydrogen (secondary N) is 2. The summed E-state index contributed by atoms with van der Waals surface area (Å²) in [5.41, 5.74) is 4.45. The maximum atomic E-state index is 12.8. The Morgan fingerprint density at radius 3 is 2.40 bits per heavy atom. The average molecular weight is 477 g/mol. The number of carboxylic acids is 1. The zero-order valence-electron chi connectivity index (χ0n) is 19.5. The van der Waals surface area contributed by atoms with Gasteiger partial charge >= 0.3 is 12.1 Å². The molecule has 2 aliphatic rings. The number of alkyl carbamates (subject to hydrolysis) is 1. The van der Waals surface area contributed by atoms with E-state index < -0.39 is 30.1 Å². The molecule has 0 spiro atoms. The molecule has 0 aromatic heterocycles. The maximum Gasteiger partial charge on any atom is 0.407 e. The van der Waals surface area contributed by atoms with Gasteiger partial charge in [-0.25, -0.2) is 9.59 Å². The average Bonchev–Trinajstić information content (AvgIpc) is 3.47. The number of aliphatic carboxylic acids is 1. The Kier molecular flexibility index (Phi) is 7.68. The lowest BCUT2D eigenvalue weighted by molar-refractivity contribution is -0.149. The van der Waals surface area contributed by atoms with Crippen molar-refractivity contribution in [2.45, 2.75) is 37.8 Å². The number of rotatable bonds is 8. The second-order valence-electron chi connectivity index (χ2n) is 8.58. The van der Waals surface area contributed by atoms with E-state index in [0.29, 0.717) is 13.0 Å². The monoisotopic (exact) mass is 476 g/mol. The molecular weight excluding hydrogens is 448 g/mol. The first-order valence-electron chi connectivity index (χ1n) is 11.6. The first-order chi connectivity index (χ1) is 17.0. The number of carboxylic acid groups (broad SMARTS) is 1. The van der Waals surface area contributed by atoms with Crippen molar-refractivity contribution in [1.82, 2.24) is 10.6 Å². The lowest BCUT2D eigenvalue weighted by Crippen LogP contribution is -2.48. The first kappa shape index (κ1) is 24.3. The molecule has 1 fully saturated rings. The molecule has 1 aliphatic carbocycles. The fourth-order valence-electron chi connectivity index (χ4n) is 4.67. The maximum absolute atomic E-state index is 12.8. The molecule has 2 aromatic carbocycles. The largest absolute Gasteiger partial charge is 0.479 e. The van der Waals surface area contributed by atoms with Crippen LogP contribution in [-0.2, 0) is 19.1 Å². The standard InChI is InChI=1S/C27H28N2O6/c1-2-3-12-23(25(30)28-15-17-13-14-34-24(17)26(31)32)29-27(33)35-16-22-20-10-6-4-8-18(20)19-9-5-7-11-21(19)22/h4-11,17,22-24H,12-16H2,1H3,(H,28,30)(H,29,33)(H,31,32). The minimum Gasteiger partial charge on any atom is -0.479 e. The van der Waals surface area contributed by atoms with E-state index in [1.165, 1.54) is 0 Å². The molecule has 3 atom stereocenters. The van der Waals surface area contributed by atoms with Gasteiger partial charge in [0, 0.05) is 31.4 Å². The van der Waals surface area contributed by atoms with Crippen molar-refractivity contribution in [3.05, 3.63) is 59.7 Å². The predicted octanol–water partition coefficient (Wildman–Crippen LogP) is 2.91. The zero-order chi connectivity index (χ0) is 24.8. The molecule has 182 valence electrons. The molecule has 8 nitrogen and oxygen atoms in total. The Bertz CT molecular complexity index is 1120. The molecule has 2 aromatic rings. The van der Waals surface area contributed by atoms with E-state index in [9.17, 15) is 19.5 Å². The van der Waals surface area contributed by atoms with E-state index in [1.54, 1.807) is 6.92 Å². The van der Waals surface area contributed by atoms with Gasteiger partial charge in [0.2, 0.25) is 5.91 Å². The van der Waals surface area contributed by atoms with Crippen LogP contribution >= 0.6 is 0 Å². The third-order valence-corrected chi connectivity index (χ3v) is 6.43. The molecule has 4 rings (SSSR count). The molecule has 3 unspecified atom stereocenters. The molecule has 3 N–H and O–H groups in total. The van der Waals surface area contributed by atoms with Gasteiger partial charge in [-0.2, -0.15) is 0 Å². The SMILES string of the molecule is CC#CCC(NC(=O)OCC1c2ccccc2-c2ccccc21)C(=O)NCC1CCOC1C(=O)O. The molecule has 1 heterocycles. The Labute approximate surface area is 204 Å². The summed E-state index contributed by atoms with van der Waals surface area (Å²) in [6, 6.07) is 15.2. The van der Waals surface area contributed by atoms with Crippen LogP contribution in [0.2, 0.25) is 0 Å². The van der Waals surface area contributed by atoms with Gasteiger partial charge in [0.1, 0.15) is 12.6 Å². The number of benzene rings is 2. The van der Waals surface area contributed by atoms with Gasteiger partial charge in [0.05, 0.1) is 0 Å². The summed E-state index contributed by atoms with van der Waals surface area (Å²) in [5.74, 6) is 3.62. The van der Waals surface area contributed by atoms with Gasteiger partial charge in [-0.3, -0.25) is 4.79 Å². The van der Waals surface area contributed by atoms with Crippen molar-refractivity contribution in [2.24, 2.45) is 5.92 Å². The number of hydrogen-bond acceptors (Lipinski definition) is 5. The predicted molar refractivity (Wildman–Crippen MR) is 129 cm³/mol. The van der Waals surface area contributed by atoms with Gasteiger partial charge in [-0.05, 0) is 35.6 Å². The Morgan fingerprint density at radius 1 is 1.11 bits per heavy atom. The normalized spacial score (nSPS) is 19.0. The Balaban J connectivity index is 1.36. The second-order valence-corrected chi connectivity index (χ2v) is 8.58. The van der Waals surface area contributed by atoms with Crippen molar-refractivity contribution in [3.8, 4) is 23.0 Å². The van der Waals surface area contributed by atoms with E-state index in [-0.39, 0.29) is 31.4 Å². The van der Waals surface area contributed by atoms with Gasteiger partial charge in [0.25, 0.3) is 0 Å². The van der Waals surface area contributed by atoms with Crippen LogP contribution in [0.25, 0.3) is 11.1 Å². The number of carbonyl (C=O) groups is 3. The van der Waals surface area contributed by atoms with Crippen molar-refractivity contribution < 1.29 is 29.0 Å². The van der Waals surface area contributed by atoms with Crippen LogP contribution in [0.4, 0.5) is 4.79 Å². The number of ether oxygens (including phenoxy) is 2. The number of fused-ring (bicyclic) bond motifs is 3. The number of hydrogen-bond donors (Lipinski definition) is 3. The molecule has 35 heavy (non-hydrogen) atoms. The minimum atomic E-state index is -1.05. The van der Waals surface area contributed by atoms with Crippen molar-refractivity contribution >= 4 is 18.0 Å². The lowest BCUT2D eigenvalue weighted by Gasteiger charge is -2.20. The number of carbonyl (C=O) groups excluding carboxylic acids is 2. The molecule has 0 saturated carbocycles. The fourth-order valence-corrected chi connectivity index (χ4v) is 4.67. The van der Waals surface area contributed by atoms with Crippen LogP contribution in [0.1, 0.15) is 36.8 Å². The highest BCUT2D eigenvalue weighted by Crippen LogP contribution is 2.44. The van der Waals surface area contributed by atoms with Gasteiger partial charge in [-0.15, -0.1) is 11.8 Å². The molecule has 1 saturated heterocycles. The quantitative estimate of drug-likeness (QED) is 0.505. The summed E-state index contributed by atoms with van der Waals surface area (Å²) in [4.78, 5) is 36.7. The van der Waals surface area contributed by atoms with Crippen LogP contribution in [0.15, 0.2) is 48.5 Å². The smallest absolute Gasteiger partial charge is 0.407 e. The highest BCUT2D eigenvalue weighted by atomic mass is 16.5. The van der Waals surface area contributed by atoms with Crippen LogP contribution < -0.4 is 10.6 Å². The zero-order valence-corrected chi connectivity index (χ0v) is 19.5. The summed E-state index contributed by atoms with van der Waals surface area (Å²) >= 11 is 0. The van der Waals surface area contributed by atoms with Gasteiger partial charge in [0.15, 0.2) is 6.10 Å². The lowest BCUT2D eigenvalue weighted by atomic mass is 9.98. The second kappa shape index (κ2) is 11.1. The molecule has 1 aliphatic heterocycles. The summed E-state index contributed by atoms with van der Waals surface area (Å²) in [6.45, 7) is 2.25. The molecular formula is C27H28N2O6. The van der Waals surface area contributed by atoms with E-state index in [1.807, 2.05) is 36.4 Å². The van der Waals surface area contributed by atoms with Crippen molar-refractivity contribution in [3.63, 3.8) is 0 Å². The molecule has 2 amide bonds. The summed E-state index contributed by atoms with van der Waals surface area (Å²) in [5, 5.41) is 14.6. The first-order valence-corrected chi connectivity index (χ1v) is 11.6. The molecule has 0 bridgehead atoms. The van der Waals surface area contributed by atoms with Crippen LogP contribution in [0, 0.1) is 17.8 Å². The molecule has 8 heteroatoms. The summed E-state index contributed by atoms with van der Waals surface area (Å²) in [7, 11) is 0. The van der Waals surface area contributed by atoms with Crippen molar-refractivity contribution in [2.75, 3.05) is 19.8 Å². The minimum absolute atomic E-state index is 0.0915. The van der Waals surface area contributed by atoms with Gasteiger partial charge < -0.3 is 25.2 Å². The van der Waals surface area contributed by atoms with E-state index in [4.69, 9.17) is 9.47 Å². The highest BCUT2D eigenvalue weighted by molar-refractivity contribution is 5.86. The van der Waals surface area contributed by atoms with E-state index >= 15 is 0 Å². The topological polar surface area (TPSA) is 114 Å². The van der Waals surface area contributed by atoms with E-state index in [2.05, 4.69) is 34.6 Å². The number of amides is 2. The van der Waals surface area contributed by atoms with E-state index in [0.717, 1.165) is 22.3 Å². The third-order valence-electron chi connectivity index (χ3n) is 6.43. The fraction of sp³-hybridized carbons (Fsp3) is 0.370. The summed E-state index contributed by atoms with van der Waals surface area (Å²) in [6.07, 6.45) is -1.01. The Hall–Kier alpha value is -3.83.